The number of ether oxygens (including phenoxy) is 1. The smallest absolute Gasteiger partial charge is 0.232 e. The maximum Gasteiger partial charge on any atom is 0.232 e. The Hall–Kier alpha value is -1.04. The lowest BCUT2D eigenvalue weighted by Crippen LogP contribution is -2.37. The molecule has 0 aromatic heterocycles. The molecule has 106 valence electrons. The molecular formula is C14H21NO3S. The number of hydrogen-bond donors (Lipinski definition) is 1. The minimum absolute atomic E-state index is 0.00315. The molecule has 0 fully saturated rings. The second-order valence-corrected chi connectivity index (χ2v) is 5.45. The second-order valence-electron chi connectivity index (χ2n) is 4.44. The van der Waals surface area contributed by atoms with Crippen LogP contribution in [0.4, 0.5) is 0 Å². The molecule has 0 bridgehead atoms. The second kappa shape index (κ2) is 8.19. The molecule has 1 rings (SSSR count). The van der Waals surface area contributed by atoms with E-state index < -0.39 is 6.10 Å². The minimum Gasteiger partial charge on any atom is -0.389 e. The molecule has 0 spiro atoms. The third kappa shape index (κ3) is 5.63. The van der Waals surface area contributed by atoms with Crippen LogP contribution in [0.15, 0.2) is 29.2 Å². The van der Waals surface area contributed by atoms with E-state index in [1.165, 1.54) is 29.3 Å². The van der Waals surface area contributed by atoms with Crippen LogP contribution >= 0.6 is 11.8 Å². The van der Waals surface area contributed by atoms with Gasteiger partial charge >= 0.3 is 0 Å². The summed E-state index contributed by atoms with van der Waals surface area (Å²) in [6.45, 7) is 2.56. The summed E-state index contributed by atoms with van der Waals surface area (Å²) in [4.78, 5) is 14.6. The quantitative estimate of drug-likeness (QED) is 0.772. The number of rotatable bonds is 7. The molecule has 1 N–H and O–H groups in total. The number of aliphatic hydroxyl groups excluding tert-OH is 1. The Kier molecular flexibility index (Phi) is 6.91. The Balaban J connectivity index is 2.40. The lowest BCUT2D eigenvalue weighted by Gasteiger charge is -2.20. The van der Waals surface area contributed by atoms with E-state index in [4.69, 9.17) is 4.74 Å². The molecule has 19 heavy (non-hydrogen) atoms. The zero-order chi connectivity index (χ0) is 14.3. The Morgan fingerprint density at radius 3 is 2.79 bits per heavy atom. The first-order valence-corrected chi connectivity index (χ1v) is 7.12. The van der Waals surface area contributed by atoms with Crippen LogP contribution in [0.2, 0.25) is 0 Å². The maximum absolute atomic E-state index is 11.9. The van der Waals surface area contributed by atoms with Gasteiger partial charge in [-0.25, -0.2) is 0 Å². The van der Waals surface area contributed by atoms with Gasteiger partial charge in [-0.3, -0.25) is 4.79 Å². The van der Waals surface area contributed by atoms with E-state index in [2.05, 4.69) is 0 Å². The normalized spacial score (nSPS) is 12.2. The molecule has 1 aromatic carbocycles. The van der Waals surface area contributed by atoms with Crippen LogP contribution in [-0.4, -0.2) is 55.1 Å². The fraction of sp³-hybridized carbons (Fsp3) is 0.500. The fourth-order valence-electron chi connectivity index (χ4n) is 1.63. The molecular weight excluding hydrogens is 262 g/mol. The number of amides is 1. The van der Waals surface area contributed by atoms with Gasteiger partial charge in [0.05, 0.1) is 18.5 Å². The van der Waals surface area contributed by atoms with E-state index in [9.17, 15) is 9.90 Å². The van der Waals surface area contributed by atoms with Crippen LogP contribution in [-0.2, 0) is 9.53 Å². The number of thioether (sulfide) groups is 1. The van der Waals surface area contributed by atoms with Crippen molar-refractivity contribution in [2.45, 2.75) is 17.9 Å². The van der Waals surface area contributed by atoms with Gasteiger partial charge in [0.1, 0.15) is 0 Å². The lowest BCUT2D eigenvalue weighted by molar-refractivity contribution is -0.128. The zero-order valence-corrected chi connectivity index (χ0v) is 12.4. The third-order valence-electron chi connectivity index (χ3n) is 2.71. The Bertz CT molecular complexity index is 411. The average Bonchev–Trinajstić information content (AvgIpc) is 2.37. The van der Waals surface area contributed by atoms with E-state index in [1.807, 2.05) is 31.2 Å². The van der Waals surface area contributed by atoms with Crippen molar-refractivity contribution in [1.82, 2.24) is 4.90 Å². The fourth-order valence-corrected chi connectivity index (χ4v) is 2.60. The van der Waals surface area contributed by atoms with Crippen molar-refractivity contribution in [2.24, 2.45) is 0 Å². The van der Waals surface area contributed by atoms with E-state index in [-0.39, 0.29) is 12.5 Å². The SMILES string of the molecule is COCC(O)CN(C)C(=O)CSc1ccccc1C. The van der Waals surface area contributed by atoms with Crippen molar-refractivity contribution in [1.29, 1.82) is 0 Å². The van der Waals surface area contributed by atoms with E-state index in [0.29, 0.717) is 12.3 Å². The number of methoxy groups -OCH3 is 1. The maximum atomic E-state index is 11.9. The summed E-state index contributed by atoms with van der Waals surface area (Å²) < 4.78 is 4.84. The first-order chi connectivity index (χ1) is 9.04. The molecule has 0 saturated heterocycles. The van der Waals surface area contributed by atoms with Crippen LogP contribution in [0, 0.1) is 6.92 Å². The van der Waals surface area contributed by atoms with Crippen LogP contribution < -0.4 is 0 Å². The number of carbonyl (C=O) groups is 1. The van der Waals surface area contributed by atoms with Crippen LogP contribution in [0.25, 0.3) is 0 Å². The number of carbonyl (C=O) groups excluding carboxylic acids is 1. The number of aryl methyl sites for hydroxylation is 1. The molecule has 1 unspecified atom stereocenters. The highest BCUT2D eigenvalue weighted by molar-refractivity contribution is 8.00. The molecule has 1 amide bonds. The number of nitrogens with zero attached hydrogens (tertiary/aromatic N) is 1. The minimum atomic E-state index is -0.637. The average molecular weight is 283 g/mol. The van der Waals surface area contributed by atoms with Gasteiger partial charge in [-0.05, 0) is 18.6 Å². The van der Waals surface area contributed by atoms with Crippen LogP contribution in [0.5, 0.6) is 0 Å². The van der Waals surface area contributed by atoms with Crippen molar-refractivity contribution >= 4 is 17.7 Å². The van der Waals surface area contributed by atoms with Crippen molar-refractivity contribution in [3.63, 3.8) is 0 Å². The van der Waals surface area contributed by atoms with Gasteiger partial charge < -0.3 is 14.7 Å². The predicted octanol–water partition coefficient (Wildman–Crippen LogP) is 1.55. The Labute approximate surface area is 118 Å². The molecule has 0 aliphatic rings. The number of hydrogen-bond acceptors (Lipinski definition) is 4. The lowest BCUT2D eigenvalue weighted by atomic mass is 10.2. The van der Waals surface area contributed by atoms with Crippen molar-refractivity contribution in [3.05, 3.63) is 29.8 Å². The molecule has 0 aliphatic heterocycles. The number of aliphatic hydroxyl groups is 1. The van der Waals surface area contributed by atoms with Crippen LogP contribution in [0.3, 0.4) is 0 Å². The third-order valence-corrected chi connectivity index (χ3v) is 3.87. The van der Waals surface area contributed by atoms with Gasteiger partial charge in [-0.2, -0.15) is 0 Å². The Morgan fingerprint density at radius 2 is 2.16 bits per heavy atom. The van der Waals surface area contributed by atoms with E-state index >= 15 is 0 Å². The summed E-state index contributed by atoms with van der Waals surface area (Å²) >= 11 is 1.52. The summed E-state index contributed by atoms with van der Waals surface area (Å²) in [5, 5.41) is 9.57. The number of benzene rings is 1. The molecule has 5 heteroatoms. The molecule has 1 atom stereocenters. The number of likely N-dealkylation sites (N-methyl/N-ethyl adjacent to an activating group) is 1. The summed E-state index contributed by atoms with van der Waals surface area (Å²) in [6, 6.07) is 7.98. The molecule has 0 aliphatic carbocycles. The highest BCUT2D eigenvalue weighted by Gasteiger charge is 2.14. The summed E-state index contributed by atoms with van der Waals surface area (Å²) in [5.41, 5.74) is 1.17. The van der Waals surface area contributed by atoms with Crippen LogP contribution in [0.1, 0.15) is 5.56 Å². The van der Waals surface area contributed by atoms with Gasteiger partial charge in [-0.1, -0.05) is 18.2 Å². The summed E-state index contributed by atoms with van der Waals surface area (Å²) in [7, 11) is 3.22. The summed E-state index contributed by atoms with van der Waals surface area (Å²) in [5.74, 6) is 0.379. The monoisotopic (exact) mass is 283 g/mol. The standard InChI is InChI=1S/C14H21NO3S/c1-11-6-4-5-7-13(11)19-10-14(17)15(2)8-12(16)9-18-3/h4-7,12,16H,8-10H2,1-3H3. The van der Waals surface area contributed by atoms with Gasteiger partial charge in [0.25, 0.3) is 0 Å². The molecule has 4 nitrogen and oxygen atoms in total. The zero-order valence-electron chi connectivity index (χ0n) is 11.6. The molecule has 0 radical (unpaired) electrons. The van der Waals surface area contributed by atoms with Gasteiger partial charge in [-0.15, -0.1) is 11.8 Å². The van der Waals surface area contributed by atoms with Gasteiger partial charge in [0.2, 0.25) is 5.91 Å². The highest BCUT2D eigenvalue weighted by atomic mass is 32.2. The highest BCUT2D eigenvalue weighted by Crippen LogP contribution is 2.21. The summed E-state index contributed by atoms with van der Waals surface area (Å²) in [6.07, 6.45) is -0.637. The van der Waals surface area contributed by atoms with E-state index in [0.717, 1.165) is 4.90 Å². The van der Waals surface area contributed by atoms with Crippen molar-refractivity contribution in [3.8, 4) is 0 Å². The van der Waals surface area contributed by atoms with E-state index in [1.54, 1.807) is 7.05 Å². The molecule has 0 saturated carbocycles. The predicted molar refractivity (Wildman–Crippen MR) is 77.4 cm³/mol. The van der Waals surface area contributed by atoms with Crippen molar-refractivity contribution < 1.29 is 14.6 Å². The van der Waals surface area contributed by atoms with Crippen molar-refractivity contribution in [2.75, 3.05) is 33.1 Å². The Morgan fingerprint density at radius 1 is 1.47 bits per heavy atom. The first kappa shape index (κ1) is 16.0. The molecule has 1 aromatic rings. The van der Waals surface area contributed by atoms with Gasteiger partial charge in [0.15, 0.2) is 0 Å². The topological polar surface area (TPSA) is 49.8 Å². The van der Waals surface area contributed by atoms with Gasteiger partial charge in [0, 0.05) is 25.6 Å². The molecule has 0 heterocycles. The largest absolute Gasteiger partial charge is 0.389 e. The first-order valence-electron chi connectivity index (χ1n) is 6.14.